The standard InChI is InChI=1S/C14H19N3O4/c15-13(18)2-1-5-16-9-14(19)17-10-3-4-11-12(8-10)21-7-6-20-11/h3-4,8,16H,1-2,5-7,9H2,(H2,15,18)(H,17,19). The van der Waals surface area contributed by atoms with Crippen LogP contribution in [0.15, 0.2) is 18.2 Å². The first-order chi connectivity index (χ1) is 10.1. The van der Waals surface area contributed by atoms with Gasteiger partial charge >= 0.3 is 0 Å². The van der Waals surface area contributed by atoms with E-state index in [4.69, 9.17) is 15.2 Å². The summed E-state index contributed by atoms with van der Waals surface area (Å²) < 4.78 is 10.9. The highest BCUT2D eigenvalue weighted by Gasteiger charge is 2.12. The molecule has 1 heterocycles. The predicted molar refractivity (Wildman–Crippen MR) is 77.4 cm³/mol. The van der Waals surface area contributed by atoms with Gasteiger partial charge in [0.2, 0.25) is 11.8 Å². The molecule has 0 radical (unpaired) electrons. The van der Waals surface area contributed by atoms with Crippen molar-refractivity contribution in [2.45, 2.75) is 12.8 Å². The monoisotopic (exact) mass is 293 g/mol. The summed E-state index contributed by atoms with van der Waals surface area (Å²) in [6, 6.07) is 5.27. The van der Waals surface area contributed by atoms with Gasteiger partial charge in [-0.25, -0.2) is 0 Å². The van der Waals surface area contributed by atoms with Gasteiger partial charge in [0.1, 0.15) is 13.2 Å². The highest BCUT2D eigenvalue weighted by Crippen LogP contribution is 2.32. The largest absolute Gasteiger partial charge is 0.486 e. The fraction of sp³-hybridized carbons (Fsp3) is 0.429. The van der Waals surface area contributed by atoms with Crippen molar-refractivity contribution in [1.82, 2.24) is 5.32 Å². The number of rotatable bonds is 7. The third-order valence-electron chi connectivity index (χ3n) is 2.89. The second-order valence-electron chi connectivity index (χ2n) is 4.65. The quantitative estimate of drug-likeness (QED) is 0.625. The Morgan fingerprint density at radius 1 is 1.19 bits per heavy atom. The summed E-state index contributed by atoms with van der Waals surface area (Å²) in [6.45, 7) is 1.78. The van der Waals surface area contributed by atoms with E-state index in [1.807, 2.05) is 0 Å². The molecule has 1 aliphatic rings. The molecule has 0 bridgehead atoms. The minimum Gasteiger partial charge on any atom is -0.486 e. The summed E-state index contributed by atoms with van der Waals surface area (Å²) >= 11 is 0. The molecule has 0 atom stereocenters. The summed E-state index contributed by atoms with van der Waals surface area (Å²) in [5.41, 5.74) is 5.68. The summed E-state index contributed by atoms with van der Waals surface area (Å²) in [6.07, 6.45) is 0.934. The molecule has 0 aliphatic carbocycles. The number of carbonyl (C=O) groups is 2. The highest BCUT2D eigenvalue weighted by molar-refractivity contribution is 5.92. The number of fused-ring (bicyclic) bond motifs is 1. The van der Waals surface area contributed by atoms with Crippen molar-refractivity contribution < 1.29 is 19.1 Å². The number of hydrogen-bond acceptors (Lipinski definition) is 5. The van der Waals surface area contributed by atoms with Crippen molar-refractivity contribution in [2.24, 2.45) is 5.73 Å². The summed E-state index contributed by atoms with van der Waals surface area (Å²) in [7, 11) is 0. The van der Waals surface area contributed by atoms with Gasteiger partial charge in [0.05, 0.1) is 6.54 Å². The van der Waals surface area contributed by atoms with E-state index in [1.165, 1.54) is 0 Å². The number of nitrogens with one attached hydrogen (secondary N) is 2. The molecular weight excluding hydrogens is 274 g/mol. The number of hydrogen-bond donors (Lipinski definition) is 3. The lowest BCUT2D eigenvalue weighted by Crippen LogP contribution is -2.29. The van der Waals surface area contributed by atoms with Crippen LogP contribution in [0.4, 0.5) is 5.69 Å². The average Bonchev–Trinajstić information content (AvgIpc) is 2.46. The maximum absolute atomic E-state index is 11.7. The van der Waals surface area contributed by atoms with Crippen LogP contribution in [-0.2, 0) is 9.59 Å². The lowest BCUT2D eigenvalue weighted by Gasteiger charge is -2.19. The minimum absolute atomic E-state index is 0.161. The molecule has 0 spiro atoms. The first-order valence-corrected chi connectivity index (χ1v) is 6.83. The third kappa shape index (κ3) is 4.96. The van der Waals surface area contributed by atoms with Gasteiger partial charge in [-0.3, -0.25) is 9.59 Å². The first-order valence-electron chi connectivity index (χ1n) is 6.83. The average molecular weight is 293 g/mol. The van der Waals surface area contributed by atoms with Crippen LogP contribution in [0.1, 0.15) is 12.8 Å². The molecule has 1 aromatic carbocycles. The molecule has 7 heteroatoms. The predicted octanol–water partition coefficient (Wildman–Crippen LogP) is 0.251. The summed E-state index contributed by atoms with van der Waals surface area (Å²) in [5.74, 6) is 0.820. The molecule has 4 N–H and O–H groups in total. The van der Waals surface area contributed by atoms with Crippen LogP contribution >= 0.6 is 0 Å². The van der Waals surface area contributed by atoms with Gasteiger partial charge in [0.15, 0.2) is 11.5 Å². The molecule has 1 aromatic rings. The first kappa shape index (κ1) is 15.1. The second-order valence-corrected chi connectivity index (χ2v) is 4.65. The SMILES string of the molecule is NC(=O)CCCNCC(=O)Nc1ccc2c(c1)OCCO2. The van der Waals surface area contributed by atoms with E-state index in [2.05, 4.69) is 10.6 Å². The molecule has 1 aliphatic heterocycles. The maximum atomic E-state index is 11.7. The van der Waals surface area contributed by atoms with Crippen molar-refractivity contribution in [3.63, 3.8) is 0 Å². The van der Waals surface area contributed by atoms with E-state index >= 15 is 0 Å². The number of benzene rings is 1. The van der Waals surface area contributed by atoms with Gasteiger partial charge in [-0.2, -0.15) is 0 Å². The van der Waals surface area contributed by atoms with Gasteiger partial charge in [0.25, 0.3) is 0 Å². The van der Waals surface area contributed by atoms with Gasteiger partial charge in [-0.1, -0.05) is 0 Å². The minimum atomic E-state index is -0.336. The molecular formula is C14H19N3O4. The Hall–Kier alpha value is -2.28. The van der Waals surface area contributed by atoms with Crippen molar-refractivity contribution in [3.8, 4) is 11.5 Å². The zero-order valence-corrected chi connectivity index (χ0v) is 11.7. The van der Waals surface area contributed by atoms with Crippen molar-refractivity contribution in [3.05, 3.63) is 18.2 Å². The van der Waals surface area contributed by atoms with E-state index < -0.39 is 0 Å². The summed E-state index contributed by atoms with van der Waals surface area (Å²) in [5, 5.41) is 5.71. The lowest BCUT2D eigenvalue weighted by molar-refractivity contribution is -0.118. The van der Waals surface area contributed by atoms with Crippen LogP contribution in [0.5, 0.6) is 11.5 Å². The molecule has 0 saturated carbocycles. The fourth-order valence-corrected chi connectivity index (χ4v) is 1.92. The molecule has 0 fully saturated rings. The van der Waals surface area contributed by atoms with Gasteiger partial charge in [0, 0.05) is 18.2 Å². The van der Waals surface area contributed by atoms with Gasteiger partial charge < -0.3 is 25.8 Å². The zero-order chi connectivity index (χ0) is 15.1. The van der Waals surface area contributed by atoms with Gasteiger partial charge in [-0.05, 0) is 25.1 Å². The molecule has 21 heavy (non-hydrogen) atoms. The number of carbonyl (C=O) groups excluding carboxylic acids is 2. The van der Waals surface area contributed by atoms with E-state index in [0.29, 0.717) is 49.8 Å². The Morgan fingerprint density at radius 3 is 2.71 bits per heavy atom. The number of nitrogens with two attached hydrogens (primary N) is 1. The lowest BCUT2D eigenvalue weighted by atomic mass is 10.2. The Kier molecular flexibility index (Phi) is 5.39. The zero-order valence-electron chi connectivity index (χ0n) is 11.7. The smallest absolute Gasteiger partial charge is 0.238 e. The second kappa shape index (κ2) is 7.49. The number of anilines is 1. The van der Waals surface area contributed by atoms with E-state index in [9.17, 15) is 9.59 Å². The summed E-state index contributed by atoms with van der Waals surface area (Å²) in [4.78, 5) is 22.3. The maximum Gasteiger partial charge on any atom is 0.238 e. The van der Waals surface area contributed by atoms with E-state index in [-0.39, 0.29) is 18.4 Å². The Bertz CT molecular complexity index is 519. The number of amides is 2. The van der Waals surface area contributed by atoms with E-state index in [1.54, 1.807) is 18.2 Å². The van der Waals surface area contributed by atoms with Crippen LogP contribution in [0.2, 0.25) is 0 Å². The molecule has 2 rings (SSSR count). The van der Waals surface area contributed by atoms with E-state index in [0.717, 1.165) is 0 Å². The Labute approximate surface area is 122 Å². The molecule has 0 aromatic heterocycles. The van der Waals surface area contributed by atoms with Gasteiger partial charge in [-0.15, -0.1) is 0 Å². The topological polar surface area (TPSA) is 103 Å². The molecule has 114 valence electrons. The molecule has 0 saturated heterocycles. The van der Waals surface area contributed by atoms with Crippen molar-refractivity contribution in [2.75, 3.05) is 31.6 Å². The molecule has 2 amide bonds. The van der Waals surface area contributed by atoms with Crippen molar-refractivity contribution >= 4 is 17.5 Å². The molecule has 7 nitrogen and oxygen atoms in total. The van der Waals surface area contributed by atoms with Crippen LogP contribution in [0.3, 0.4) is 0 Å². The fourth-order valence-electron chi connectivity index (χ4n) is 1.92. The van der Waals surface area contributed by atoms with Crippen LogP contribution in [-0.4, -0.2) is 38.1 Å². The Balaban J connectivity index is 1.73. The normalized spacial score (nSPS) is 12.8. The highest BCUT2D eigenvalue weighted by atomic mass is 16.6. The van der Waals surface area contributed by atoms with Crippen LogP contribution < -0.4 is 25.8 Å². The third-order valence-corrected chi connectivity index (χ3v) is 2.89. The van der Waals surface area contributed by atoms with Crippen LogP contribution in [0, 0.1) is 0 Å². The number of ether oxygens (including phenoxy) is 2. The molecule has 0 unspecified atom stereocenters. The number of primary amides is 1. The van der Waals surface area contributed by atoms with Crippen molar-refractivity contribution in [1.29, 1.82) is 0 Å². The van der Waals surface area contributed by atoms with Crippen LogP contribution in [0.25, 0.3) is 0 Å². The Morgan fingerprint density at radius 2 is 1.95 bits per heavy atom.